The second kappa shape index (κ2) is 12.4. The molecule has 0 N–H and O–H groups in total. The van der Waals surface area contributed by atoms with Gasteiger partial charge in [0.25, 0.3) is 0 Å². The Kier molecular flexibility index (Phi) is 8.75. The number of carbonyl (C=O) groups is 1. The minimum Gasteiger partial charge on any atom is -0.456 e. The van der Waals surface area contributed by atoms with Crippen LogP contribution in [0.4, 0.5) is 0 Å². The highest BCUT2D eigenvalue weighted by Crippen LogP contribution is 2.68. The van der Waals surface area contributed by atoms with Gasteiger partial charge in [-0.2, -0.15) is 0 Å². The molecule has 0 radical (unpaired) electrons. The molecule has 0 aromatic carbocycles. The van der Waals surface area contributed by atoms with Crippen molar-refractivity contribution in [3.05, 3.63) is 23.0 Å². The Bertz CT molecular complexity index is 1370. The number of rotatable bonds is 7. The highest BCUT2D eigenvalue weighted by atomic mass is 17.3. The van der Waals surface area contributed by atoms with Gasteiger partial charge in [-0.1, -0.05) is 72.5 Å². The van der Waals surface area contributed by atoms with Crippen LogP contribution in [0.25, 0.3) is 0 Å². The number of hydrogen-bond donors (Lipinski definition) is 0. The molecule has 1 unspecified atom stereocenters. The lowest BCUT2D eigenvalue weighted by Gasteiger charge is -2.58. The number of esters is 1. The molecule has 14 atom stereocenters. The van der Waals surface area contributed by atoms with Crippen LogP contribution in [0.15, 0.2) is 23.0 Å². The predicted molar refractivity (Wildman–Crippen MR) is 190 cm³/mol. The van der Waals surface area contributed by atoms with Crippen LogP contribution in [-0.2, 0) is 28.8 Å². The van der Waals surface area contributed by atoms with Gasteiger partial charge in [0.05, 0.1) is 0 Å². The summed E-state index contributed by atoms with van der Waals surface area (Å²) in [5.41, 5.74) is 2.51. The summed E-state index contributed by atoms with van der Waals surface area (Å²) < 4.78 is 19.4. The van der Waals surface area contributed by atoms with E-state index in [-0.39, 0.29) is 29.3 Å². The van der Waals surface area contributed by atoms with Crippen molar-refractivity contribution in [1.29, 1.82) is 0 Å². The van der Waals surface area contributed by atoms with Gasteiger partial charge in [-0.15, -0.1) is 0 Å². The van der Waals surface area contributed by atoms with Crippen molar-refractivity contribution in [3.8, 4) is 0 Å². The third-order valence-electron chi connectivity index (χ3n) is 16.5. The predicted octanol–water partition coefficient (Wildman–Crippen LogP) is 10.5. The van der Waals surface area contributed by atoms with Crippen LogP contribution in [0.2, 0.25) is 0 Å². The fourth-order valence-electron chi connectivity index (χ4n) is 13.8. The molecule has 2 bridgehead atoms. The summed E-state index contributed by atoms with van der Waals surface area (Å²) in [7, 11) is 0. The normalized spacial score (nSPS) is 49.2. The van der Waals surface area contributed by atoms with E-state index in [4.69, 9.17) is 24.0 Å². The van der Waals surface area contributed by atoms with Crippen LogP contribution < -0.4 is 0 Å². The van der Waals surface area contributed by atoms with Crippen LogP contribution in [0.1, 0.15) is 152 Å². The first-order chi connectivity index (χ1) is 23.3. The summed E-state index contributed by atoms with van der Waals surface area (Å²) in [6.07, 6.45) is 19.5. The van der Waals surface area contributed by atoms with Gasteiger partial charge in [0.2, 0.25) is 17.8 Å². The first-order valence-electron chi connectivity index (χ1n) is 20.6. The highest BCUT2D eigenvalue weighted by Gasteiger charge is 2.69. The number of allylic oxidation sites excluding steroid dienone is 1. The Morgan fingerprint density at radius 2 is 1.71 bits per heavy atom. The van der Waals surface area contributed by atoms with Crippen LogP contribution in [-0.4, -0.2) is 29.8 Å². The Hall–Kier alpha value is -1.37. The molecule has 1 spiro atoms. The van der Waals surface area contributed by atoms with Crippen molar-refractivity contribution < 1.29 is 28.8 Å². The Morgan fingerprint density at radius 3 is 2.51 bits per heavy atom. The topological polar surface area (TPSA) is 63.2 Å². The van der Waals surface area contributed by atoms with Crippen LogP contribution in [0.5, 0.6) is 0 Å². The zero-order valence-corrected chi connectivity index (χ0v) is 32.0. The maximum Gasteiger partial charge on any atom is 0.373 e. The van der Waals surface area contributed by atoms with E-state index in [1.165, 1.54) is 51.4 Å². The summed E-state index contributed by atoms with van der Waals surface area (Å²) in [4.78, 5) is 26.2. The average Bonchev–Trinajstić information content (AvgIpc) is 3.26. The molecule has 0 amide bonds. The largest absolute Gasteiger partial charge is 0.456 e. The zero-order chi connectivity index (χ0) is 34.5. The van der Waals surface area contributed by atoms with Crippen LogP contribution in [0.3, 0.4) is 0 Å². The number of fused-ring (bicyclic) bond motifs is 7. The molecule has 6 nitrogen and oxygen atoms in total. The molecule has 9 rings (SSSR count). The average molecular weight is 679 g/mol. The van der Waals surface area contributed by atoms with E-state index in [1.807, 2.05) is 13.8 Å². The number of hydrogen-bond acceptors (Lipinski definition) is 6. The highest BCUT2D eigenvalue weighted by molar-refractivity contribution is 5.87. The van der Waals surface area contributed by atoms with Crippen molar-refractivity contribution >= 4 is 5.97 Å². The molecule has 274 valence electrons. The molecular weight excluding hydrogens is 612 g/mol. The van der Waals surface area contributed by atoms with E-state index in [2.05, 4.69) is 47.6 Å². The number of ether oxygens (including phenoxy) is 3. The van der Waals surface area contributed by atoms with Crippen molar-refractivity contribution in [2.45, 2.75) is 175 Å². The molecule has 5 aliphatic carbocycles. The fourth-order valence-corrected chi connectivity index (χ4v) is 13.8. The van der Waals surface area contributed by atoms with Gasteiger partial charge < -0.3 is 14.2 Å². The van der Waals surface area contributed by atoms with Gasteiger partial charge in [0, 0.05) is 24.7 Å². The molecule has 0 aromatic rings. The maximum atomic E-state index is 14.0. The minimum atomic E-state index is -0.863. The Balaban J connectivity index is 0.954. The fraction of sp³-hybridized carbons (Fsp3) is 0.884. The SMILES string of the molecule is CC1=C(C(=O)OC2CC[C@@]3(C)C(=CC[C@H]4[C@@H]5CC[C@H]([C@H](C)CCCC(C)C)[C@@]5(C)CC[C@@H]43)C2)O[C@@H]2O[C@@]3(C)CC[C@H]4[C@H](C)CC[C@@H]1[C@@]24OO3. The first-order valence-corrected chi connectivity index (χ1v) is 20.6. The van der Waals surface area contributed by atoms with E-state index in [0.717, 1.165) is 86.0 Å². The maximum absolute atomic E-state index is 14.0. The molecule has 49 heavy (non-hydrogen) atoms. The van der Waals surface area contributed by atoms with E-state index < -0.39 is 17.7 Å². The lowest BCUT2D eigenvalue weighted by molar-refractivity contribution is -0.556. The second-order valence-electron chi connectivity index (χ2n) is 19.5. The summed E-state index contributed by atoms with van der Waals surface area (Å²) in [5.74, 6) is 4.88. The van der Waals surface area contributed by atoms with E-state index in [1.54, 1.807) is 5.57 Å². The van der Waals surface area contributed by atoms with Gasteiger partial charge in [-0.25, -0.2) is 14.6 Å². The van der Waals surface area contributed by atoms with Gasteiger partial charge in [-0.3, -0.25) is 0 Å². The smallest absolute Gasteiger partial charge is 0.373 e. The molecule has 4 aliphatic heterocycles. The molecule has 6 heteroatoms. The summed E-state index contributed by atoms with van der Waals surface area (Å²) in [6, 6.07) is 0. The second-order valence-corrected chi connectivity index (χ2v) is 19.5. The monoisotopic (exact) mass is 678 g/mol. The minimum absolute atomic E-state index is 0.0143. The third kappa shape index (κ3) is 5.36. The molecule has 0 aromatic heterocycles. The first kappa shape index (κ1) is 34.7. The van der Waals surface area contributed by atoms with Crippen molar-refractivity contribution in [2.75, 3.05) is 0 Å². The van der Waals surface area contributed by atoms with Crippen LogP contribution >= 0.6 is 0 Å². The molecular formula is C43H66O6. The van der Waals surface area contributed by atoms with E-state index in [0.29, 0.717) is 17.1 Å². The van der Waals surface area contributed by atoms with E-state index >= 15 is 0 Å². The molecule has 4 saturated carbocycles. The van der Waals surface area contributed by atoms with Gasteiger partial charge in [0.1, 0.15) is 6.10 Å². The zero-order valence-electron chi connectivity index (χ0n) is 32.0. The standard InChI is InChI=1S/C43H66O6/c1-25(2)10-9-11-26(3)32-16-17-35-31-14-13-29-24-30(18-21-40(29,6)36(31)19-22-41(32,35)7)45-38(44)37-28(5)34-15-12-27(4)33-20-23-42(8)47-39(46-37)43(33,34)49-48-42/h13,25-27,30-36,39H,9-12,14-24H2,1-8H3/t26-,27-,30?,31+,32-,33+,34+,35+,36+,39-,40+,41-,42-,43-/m1/s1. The number of carbonyl (C=O) groups excluding carboxylic acids is 1. The summed E-state index contributed by atoms with van der Waals surface area (Å²) in [6.45, 7) is 18.8. The van der Waals surface area contributed by atoms with Gasteiger partial charge in [0.15, 0.2) is 5.60 Å². The molecule has 9 aliphatic rings. The van der Waals surface area contributed by atoms with Crippen molar-refractivity contribution in [1.82, 2.24) is 0 Å². The Morgan fingerprint density at radius 1 is 0.918 bits per heavy atom. The van der Waals surface area contributed by atoms with Crippen molar-refractivity contribution in [2.24, 2.45) is 64.1 Å². The lowest BCUT2D eigenvalue weighted by Crippen LogP contribution is -2.67. The molecule has 3 saturated heterocycles. The van der Waals surface area contributed by atoms with Gasteiger partial charge in [-0.05, 0) is 136 Å². The Labute approximate surface area is 296 Å². The summed E-state index contributed by atoms with van der Waals surface area (Å²) in [5, 5.41) is 0. The van der Waals surface area contributed by atoms with E-state index in [9.17, 15) is 4.79 Å². The van der Waals surface area contributed by atoms with Crippen molar-refractivity contribution in [3.63, 3.8) is 0 Å². The third-order valence-corrected chi connectivity index (χ3v) is 16.5. The lowest BCUT2D eigenvalue weighted by atomic mass is 9.47. The quantitative estimate of drug-likeness (QED) is 0.152. The molecule has 4 heterocycles. The van der Waals surface area contributed by atoms with Gasteiger partial charge >= 0.3 is 5.97 Å². The summed E-state index contributed by atoms with van der Waals surface area (Å²) >= 11 is 0. The van der Waals surface area contributed by atoms with Crippen LogP contribution in [0, 0.1) is 64.1 Å². The molecule has 7 fully saturated rings.